The summed E-state index contributed by atoms with van der Waals surface area (Å²) in [4.78, 5) is 4.07. The Morgan fingerprint density at radius 3 is 3.42 bits per heavy atom. The second-order valence-corrected chi connectivity index (χ2v) is 2.44. The smallest absolute Gasteiger partial charge is 0.257 e. The molecule has 0 bridgehead atoms. The van der Waals surface area contributed by atoms with E-state index in [1.54, 1.807) is 23.2 Å². The fraction of sp³-hybridized carbons (Fsp3) is 0. The first kappa shape index (κ1) is 5.70. The van der Waals surface area contributed by atoms with Gasteiger partial charge in [-0.2, -0.15) is 0 Å². The highest BCUT2D eigenvalue weighted by molar-refractivity contribution is 5.74. The summed E-state index contributed by atoms with van der Waals surface area (Å²) < 4.78 is 6.94. The number of hydrogen-bond acceptors (Lipinski definition) is 4. The molecule has 3 aromatic heterocycles. The molecule has 0 atom stereocenters. The van der Waals surface area contributed by atoms with Crippen molar-refractivity contribution in [3.8, 4) is 0 Å². The normalized spacial score (nSPS) is 11.3. The van der Waals surface area contributed by atoms with Gasteiger partial charge in [-0.1, -0.05) is 0 Å². The molecule has 0 aliphatic heterocycles. The van der Waals surface area contributed by atoms with Gasteiger partial charge < -0.3 is 4.42 Å². The van der Waals surface area contributed by atoms with Crippen molar-refractivity contribution in [1.29, 1.82) is 0 Å². The van der Waals surface area contributed by atoms with Crippen LogP contribution in [-0.4, -0.2) is 19.6 Å². The third-order valence-electron chi connectivity index (χ3n) is 1.74. The highest BCUT2D eigenvalue weighted by Crippen LogP contribution is 2.13. The van der Waals surface area contributed by atoms with Crippen LogP contribution in [0.3, 0.4) is 0 Å². The van der Waals surface area contributed by atoms with E-state index < -0.39 is 0 Å². The molecule has 3 rings (SSSR count). The average molecular weight is 160 g/mol. The van der Waals surface area contributed by atoms with Crippen molar-refractivity contribution < 1.29 is 4.42 Å². The lowest BCUT2D eigenvalue weighted by Crippen LogP contribution is -1.86. The highest BCUT2D eigenvalue weighted by atomic mass is 16.3. The minimum Gasteiger partial charge on any atom is -0.447 e. The maximum absolute atomic E-state index is 5.23. The van der Waals surface area contributed by atoms with E-state index in [9.17, 15) is 0 Å². The summed E-state index contributed by atoms with van der Waals surface area (Å²) in [5.41, 5.74) is 0.727. The number of nitrogens with zero attached hydrogens (tertiary/aromatic N) is 4. The second-order valence-electron chi connectivity index (χ2n) is 2.44. The predicted molar refractivity (Wildman–Crippen MR) is 40.6 cm³/mol. The van der Waals surface area contributed by atoms with Crippen LogP contribution in [0, 0.1) is 0 Å². The van der Waals surface area contributed by atoms with Gasteiger partial charge in [0.2, 0.25) is 5.71 Å². The van der Waals surface area contributed by atoms with E-state index in [0.717, 1.165) is 11.1 Å². The number of furan rings is 1. The minimum absolute atomic E-state index is 0.553. The molecule has 0 unspecified atom stereocenters. The molecule has 3 aromatic rings. The van der Waals surface area contributed by atoms with Gasteiger partial charge in [-0.05, 0) is 6.07 Å². The molecule has 0 aliphatic carbocycles. The first-order chi connectivity index (χ1) is 5.95. The van der Waals surface area contributed by atoms with Crippen LogP contribution in [0.4, 0.5) is 0 Å². The van der Waals surface area contributed by atoms with Crippen molar-refractivity contribution in [2.75, 3.05) is 0 Å². The van der Waals surface area contributed by atoms with Crippen LogP contribution >= 0.6 is 0 Å². The Hall–Kier alpha value is -1.91. The van der Waals surface area contributed by atoms with Gasteiger partial charge in [0, 0.05) is 6.20 Å². The minimum atomic E-state index is 0.553. The molecular formula is C7H4N4O. The molecule has 5 heteroatoms. The molecular weight excluding hydrogens is 156 g/mol. The molecule has 0 spiro atoms. The molecule has 0 aliphatic rings. The van der Waals surface area contributed by atoms with Crippen molar-refractivity contribution in [1.82, 2.24) is 19.6 Å². The quantitative estimate of drug-likeness (QED) is 0.489. The molecule has 0 fully saturated rings. The Labute approximate surface area is 66.7 Å². The molecule has 12 heavy (non-hydrogen) atoms. The summed E-state index contributed by atoms with van der Waals surface area (Å²) in [5.74, 6) is 0.553. The van der Waals surface area contributed by atoms with E-state index in [0.29, 0.717) is 5.78 Å². The first-order valence-corrected chi connectivity index (χ1v) is 3.47. The molecule has 0 amide bonds. The lowest BCUT2D eigenvalue weighted by molar-refractivity contribution is 0.597. The van der Waals surface area contributed by atoms with Crippen LogP contribution in [0.5, 0.6) is 0 Å². The molecule has 5 nitrogen and oxygen atoms in total. The Bertz CT molecular complexity index is 489. The molecule has 3 heterocycles. The molecule has 0 N–H and O–H groups in total. The van der Waals surface area contributed by atoms with E-state index in [2.05, 4.69) is 15.2 Å². The van der Waals surface area contributed by atoms with Crippen molar-refractivity contribution in [2.45, 2.75) is 0 Å². The molecule has 0 saturated heterocycles. The summed E-state index contributed by atoms with van der Waals surface area (Å²) in [6.45, 7) is 0. The van der Waals surface area contributed by atoms with Gasteiger partial charge in [0.1, 0.15) is 6.33 Å². The molecule has 0 saturated carbocycles. The maximum atomic E-state index is 5.23. The Kier molecular flexibility index (Phi) is 0.864. The Morgan fingerprint density at radius 2 is 2.42 bits per heavy atom. The van der Waals surface area contributed by atoms with E-state index >= 15 is 0 Å². The van der Waals surface area contributed by atoms with Crippen molar-refractivity contribution in [2.24, 2.45) is 0 Å². The van der Waals surface area contributed by atoms with E-state index in [1.807, 2.05) is 6.07 Å². The van der Waals surface area contributed by atoms with Gasteiger partial charge in [-0.3, -0.25) is 0 Å². The number of rotatable bonds is 0. The number of aromatic nitrogens is 4. The summed E-state index contributed by atoms with van der Waals surface area (Å²) in [5, 5.41) is 8.46. The largest absolute Gasteiger partial charge is 0.447 e. The molecule has 0 aromatic carbocycles. The standard InChI is InChI=1S/C7H4N4O/c1-2-12-6-5(1)3-8-7-10-9-4-11(6)7/h1-4H. The van der Waals surface area contributed by atoms with Crippen LogP contribution in [0.25, 0.3) is 16.9 Å². The average Bonchev–Trinajstić information content (AvgIpc) is 2.71. The zero-order valence-electron chi connectivity index (χ0n) is 6.01. The summed E-state index contributed by atoms with van der Waals surface area (Å²) in [6, 6.07) is 1.85. The zero-order chi connectivity index (χ0) is 7.97. The monoisotopic (exact) mass is 160 g/mol. The van der Waals surface area contributed by atoms with Crippen molar-refractivity contribution in [3.05, 3.63) is 24.9 Å². The van der Waals surface area contributed by atoms with Gasteiger partial charge in [0.05, 0.1) is 11.6 Å². The van der Waals surface area contributed by atoms with Gasteiger partial charge in [-0.15, -0.1) is 10.2 Å². The van der Waals surface area contributed by atoms with Gasteiger partial charge >= 0.3 is 0 Å². The molecule has 0 radical (unpaired) electrons. The summed E-state index contributed by atoms with van der Waals surface area (Å²) in [7, 11) is 0. The van der Waals surface area contributed by atoms with E-state index in [1.165, 1.54) is 0 Å². The molecule has 58 valence electrons. The van der Waals surface area contributed by atoms with Crippen LogP contribution < -0.4 is 0 Å². The summed E-state index contributed by atoms with van der Waals surface area (Å²) in [6.07, 6.45) is 4.91. The topological polar surface area (TPSA) is 56.2 Å². The van der Waals surface area contributed by atoms with E-state index in [4.69, 9.17) is 4.42 Å². The number of fused-ring (bicyclic) bond motifs is 3. The van der Waals surface area contributed by atoms with Crippen LogP contribution in [0.1, 0.15) is 0 Å². The van der Waals surface area contributed by atoms with Crippen molar-refractivity contribution >= 4 is 16.9 Å². The lowest BCUT2D eigenvalue weighted by atomic mass is 10.4. The van der Waals surface area contributed by atoms with E-state index in [-0.39, 0.29) is 0 Å². The van der Waals surface area contributed by atoms with Crippen LogP contribution in [0.15, 0.2) is 29.3 Å². The highest BCUT2D eigenvalue weighted by Gasteiger charge is 2.03. The fourth-order valence-corrected chi connectivity index (χ4v) is 1.19. The maximum Gasteiger partial charge on any atom is 0.257 e. The number of hydrogen-bond donors (Lipinski definition) is 0. The Morgan fingerprint density at radius 1 is 1.42 bits per heavy atom. The van der Waals surface area contributed by atoms with Gasteiger partial charge in [-0.25, -0.2) is 9.38 Å². The third-order valence-corrected chi connectivity index (χ3v) is 1.74. The SMILES string of the molecule is c1cc2cnc3nncn3c2o1. The predicted octanol–water partition coefficient (Wildman–Crippen LogP) is 0.870. The first-order valence-electron chi connectivity index (χ1n) is 3.47. The van der Waals surface area contributed by atoms with Gasteiger partial charge in [0.15, 0.2) is 0 Å². The summed E-state index contributed by atoms with van der Waals surface area (Å²) >= 11 is 0. The van der Waals surface area contributed by atoms with Gasteiger partial charge in [0.25, 0.3) is 5.78 Å². The lowest BCUT2D eigenvalue weighted by Gasteiger charge is -1.90. The third kappa shape index (κ3) is 0.554. The van der Waals surface area contributed by atoms with Crippen LogP contribution in [-0.2, 0) is 0 Å². The second kappa shape index (κ2) is 1.82. The van der Waals surface area contributed by atoms with Crippen molar-refractivity contribution in [3.63, 3.8) is 0 Å². The zero-order valence-corrected chi connectivity index (χ0v) is 6.01. The Balaban J connectivity index is 2.71. The van der Waals surface area contributed by atoms with Crippen LogP contribution in [0.2, 0.25) is 0 Å². The fourth-order valence-electron chi connectivity index (χ4n) is 1.19.